The van der Waals surface area contributed by atoms with Crippen LogP contribution in [0.3, 0.4) is 0 Å². The first-order valence-corrected chi connectivity index (χ1v) is 5.62. The van der Waals surface area contributed by atoms with Crippen LogP contribution in [-0.4, -0.2) is 40.0 Å². The lowest BCUT2D eigenvalue weighted by atomic mass is 10.5. The molecule has 0 saturated carbocycles. The summed E-state index contributed by atoms with van der Waals surface area (Å²) in [6.07, 6.45) is 0.738. The summed E-state index contributed by atoms with van der Waals surface area (Å²) < 4.78 is 26.0. The Kier molecular flexibility index (Phi) is 3.24. The topological polar surface area (TPSA) is 114 Å². The average Bonchev–Trinajstić information content (AvgIpc) is 2.48. The second-order valence-electron chi connectivity index (χ2n) is 2.77. The minimum Gasteiger partial charge on any atom is -0.481 e. The van der Waals surface area contributed by atoms with E-state index in [2.05, 4.69) is 14.8 Å². The van der Waals surface area contributed by atoms with Gasteiger partial charge in [0.15, 0.2) is 0 Å². The number of aliphatic carboxylic acids is 1. The smallest absolute Gasteiger partial charge is 0.304 e. The van der Waals surface area contributed by atoms with E-state index in [1.54, 1.807) is 0 Å². The molecular formula is C6H10N4O4S. The molecule has 0 aromatic carbocycles. The maximum atomic E-state index is 11.3. The van der Waals surface area contributed by atoms with Crippen LogP contribution in [0, 0.1) is 0 Å². The largest absolute Gasteiger partial charge is 0.481 e. The summed E-state index contributed by atoms with van der Waals surface area (Å²) in [4.78, 5) is 13.8. The fourth-order valence-corrected chi connectivity index (χ4v) is 1.81. The Morgan fingerprint density at radius 3 is 2.80 bits per heavy atom. The van der Waals surface area contributed by atoms with Crippen molar-refractivity contribution in [3.63, 3.8) is 0 Å². The van der Waals surface area contributed by atoms with Gasteiger partial charge in [-0.2, -0.15) is 10.1 Å². The maximum Gasteiger partial charge on any atom is 0.304 e. The van der Waals surface area contributed by atoms with Gasteiger partial charge in [0.2, 0.25) is 16.0 Å². The zero-order valence-corrected chi connectivity index (χ0v) is 8.73. The third kappa shape index (κ3) is 3.54. The van der Waals surface area contributed by atoms with Gasteiger partial charge in [0.05, 0.1) is 12.2 Å². The van der Waals surface area contributed by atoms with Gasteiger partial charge >= 0.3 is 5.97 Å². The van der Waals surface area contributed by atoms with Crippen LogP contribution >= 0.6 is 0 Å². The predicted octanol–water partition coefficient (Wildman–Crippen LogP) is -0.968. The van der Waals surface area contributed by atoms with Gasteiger partial charge in [-0.25, -0.2) is 13.1 Å². The number of nitrogens with zero attached hydrogens (tertiary/aromatic N) is 3. The van der Waals surface area contributed by atoms with Crippen molar-refractivity contribution in [1.29, 1.82) is 0 Å². The van der Waals surface area contributed by atoms with E-state index in [0.29, 0.717) is 0 Å². The highest BCUT2D eigenvalue weighted by Gasteiger charge is 2.15. The number of hydrogen-bond donors (Lipinski definition) is 2. The molecule has 1 aromatic rings. The molecule has 1 rings (SSSR count). The number of anilines is 1. The average molecular weight is 234 g/mol. The molecule has 8 nitrogen and oxygen atoms in total. The minimum atomic E-state index is -3.68. The van der Waals surface area contributed by atoms with Crippen molar-refractivity contribution in [2.45, 2.75) is 6.42 Å². The third-order valence-corrected chi connectivity index (χ3v) is 2.78. The van der Waals surface area contributed by atoms with Crippen LogP contribution < -0.4 is 4.72 Å². The summed E-state index contributed by atoms with van der Waals surface area (Å²) in [5.74, 6) is -1.60. The first kappa shape index (κ1) is 11.4. The molecule has 0 unspecified atom stereocenters. The molecule has 0 amide bonds. The monoisotopic (exact) mass is 234 g/mol. The SMILES string of the molecule is Cn1ncnc1NS(=O)(=O)CCC(=O)O. The van der Waals surface area contributed by atoms with E-state index in [-0.39, 0.29) is 5.95 Å². The molecule has 0 radical (unpaired) electrons. The van der Waals surface area contributed by atoms with Gasteiger partial charge in [-0.15, -0.1) is 0 Å². The van der Waals surface area contributed by atoms with Crippen molar-refractivity contribution in [3.05, 3.63) is 6.33 Å². The molecule has 1 heterocycles. The summed E-state index contributed by atoms with van der Waals surface area (Å²) in [6.45, 7) is 0. The number of carbonyl (C=O) groups is 1. The molecule has 9 heteroatoms. The zero-order chi connectivity index (χ0) is 11.5. The van der Waals surface area contributed by atoms with Crippen molar-refractivity contribution in [1.82, 2.24) is 14.8 Å². The Bertz CT molecular complexity index is 451. The van der Waals surface area contributed by atoms with Crippen LogP contribution in [-0.2, 0) is 21.9 Å². The lowest BCUT2D eigenvalue weighted by molar-refractivity contribution is -0.136. The van der Waals surface area contributed by atoms with Crippen LogP contribution in [0.1, 0.15) is 6.42 Å². The Balaban J connectivity index is 2.65. The van der Waals surface area contributed by atoms with Crippen LogP contribution in [0.5, 0.6) is 0 Å². The van der Waals surface area contributed by atoms with Gasteiger partial charge in [-0.05, 0) is 0 Å². The van der Waals surface area contributed by atoms with Crippen LogP contribution in [0.15, 0.2) is 6.33 Å². The van der Waals surface area contributed by atoms with E-state index < -0.39 is 28.2 Å². The minimum absolute atomic E-state index is 0.0559. The highest BCUT2D eigenvalue weighted by molar-refractivity contribution is 7.92. The molecule has 0 aliphatic carbocycles. The predicted molar refractivity (Wildman–Crippen MR) is 50.7 cm³/mol. The Morgan fingerprint density at radius 2 is 2.33 bits per heavy atom. The molecular weight excluding hydrogens is 224 g/mol. The summed E-state index contributed by atoms with van der Waals surface area (Å²) in [5.41, 5.74) is 0. The van der Waals surface area contributed by atoms with Gasteiger partial charge < -0.3 is 5.11 Å². The normalized spacial score (nSPS) is 11.3. The molecule has 0 spiro atoms. The lowest BCUT2D eigenvalue weighted by Crippen LogP contribution is -2.20. The van der Waals surface area contributed by atoms with Crippen LogP contribution in [0.25, 0.3) is 0 Å². The number of aromatic nitrogens is 3. The Labute approximate surface area is 86.0 Å². The van der Waals surface area contributed by atoms with E-state index in [9.17, 15) is 13.2 Å². The molecule has 2 N–H and O–H groups in total. The van der Waals surface area contributed by atoms with Crippen molar-refractivity contribution in [2.75, 3.05) is 10.5 Å². The third-order valence-electron chi connectivity index (χ3n) is 1.54. The number of sulfonamides is 1. The second kappa shape index (κ2) is 4.26. The van der Waals surface area contributed by atoms with Crippen molar-refractivity contribution in [3.8, 4) is 0 Å². The van der Waals surface area contributed by atoms with Gasteiger partial charge in [0.1, 0.15) is 6.33 Å². The Morgan fingerprint density at radius 1 is 1.67 bits per heavy atom. The molecule has 0 saturated heterocycles. The first-order chi connectivity index (χ1) is 6.91. The highest BCUT2D eigenvalue weighted by atomic mass is 32.2. The summed E-state index contributed by atoms with van der Waals surface area (Å²) in [6, 6.07) is 0. The first-order valence-electron chi connectivity index (χ1n) is 3.97. The number of hydrogen-bond acceptors (Lipinski definition) is 5. The quantitative estimate of drug-likeness (QED) is 0.677. The van der Waals surface area contributed by atoms with Crippen molar-refractivity contribution < 1.29 is 18.3 Å². The number of rotatable bonds is 5. The van der Waals surface area contributed by atoms with E-state index in [1.807, 2.05) is 0 Å². The molecule has 0 bridgehead atoms. The summed E-state index contributed by atoms with van der Waals surface area (Å²) in [7, 11) is -2.16. The molecule has 15 heavy (non-hydrogen) atoms. The zero-order valence-electron chi connectivity index (χ0n) is 7.91. The van der Waals surface area contributed by atoms with E-state index in [1.165, 1.54) is 18.1 Å². The number of aryl methyl sites for hydroxylation is 1. The fourth-order valence-electron chi connectivity index (χ4n) is 0.800. The van der Waals surface area contributed by atoms with Crippen molar-refractivity contribution in [2.24, 2.45) is 7.05 Å². The van der Waals surface area contributed by atoms with E-state index in [0.717, 1.165) is 0 Å². The van der Waals surface area contributed by atoms with E-state index >= 15 is 0 Å². The van der Waals surface area contributed by atoms with Gasteiger partial charge in [0, 0.05) is 7.05 Å². The number of nitrogens with one attached hydrogen (secondary N) is 1. The molecule has 0 aliphatic rings. The fraction of sp³-hybridized carbons (Fsp3) is 0.500. The molecule has 0 atom stereocenters. The number of carboxylic acids is 1. The molecule has 1 aromatic heterocycles. The summed E-state index contributed by atoms with van der Waals surface area (Å²) >= 11 is 0. The number of carboxylic acid groups (broad SMARTS) is 1. The van der Waals surface area contributed by atoms with Gasteiger partial charge in [-0.1, -0.05) is 0 Å². The maximum absolute atomic E-state index is 11.3. The molecule has 0 fully saturated rings. The van der Waals surface area contributed by atoms with E-state index in [4.69, 9.17) is 5.11 Å². The van der Waals surface area contributed by atoms with Crippen LogP contribution in [0.4, 0.5) is 5.95 Å². The van der Waals surface area contributed by atoms with Crippen molar-refractivity contribution >= 4 is 21.9 Å². The summed E-state index contributed by atoms with van der Waals surface area (Å²) in [5, 5.41) is 12.0. The molecule has 84 valence electrons. The lowest BCUT2D eigenvalue weighted by Gasteiger charge is -2.04. The highest BCUT2D eigenvalue weighted by Crippen LogP contribution is 2.03. The van der Waals surface area contributed by atoms with Gasteiger partial charge in [-0.3, -0.25) is 9.52 Å². The Hall–Kier alpha value is -1.64. The molecule has 0 aliphatic heterocycles. The van der Waals surface area contributed by atoms with Gasteiger partial charge in [0.25, 0.3) is 0 Å². The second-order valence-corrected chi connectivity index (χ2v) is 4.61. The standard InChI is InChI=1S/C6H10N4O4S/c1-10-6(7-4-8-10)9-15(13,14)3-2-5(11)12/h4H,2-3H2,1H3,(H,11,12)(H,7,8,9). The van der Waals surface area contributed by atoms with Crippen LogP contribution in [0.2, 0.25) is 0 Å².